The number of ketones is 1. The Labute approximate surface area is 214 Å². The lowest BCUT2D eigenvalue weighted by molar-refractivity contribution is -0.132. The van der Waals surface area contributed by atoms with Crippen LogP contribution in [-0.2, 0) is 14.3 Å². The lowest BCUT2D eigenvalue weighted by Crippen LogP contribution is -2.29. The van der Waals surface area contributed by atoms with Crippen LogP contribution >= 0.6 is 0 Å². The van der Waals surface area contributed by atoms with Gasteiger partial charge in [0.1, 0.15) is 17.3 Å². The van der Waals surface area contributed by atoms with Crippen molar-refractivity contribution >= 4 is 29.1 Å². The van der Waals surface area contributed by atoms with Crippen molar-refractivity contribution in [3.63, 3.8) is 0 Å². The van der Waals surface area contributed by atoms with Gasteiger partial charge in [-0.1, -0.05) is 18.2 Å². The molecule has 37 heavy (non-hydrogen) atoms. The van der Waals surface area contributed by atoms with Gasteiger partial charge in [-0.15, -0.1) is 0 Å². The number of phenols is 1. The summed E-state index contributed by atoms with van der Waals surface area (Å²) >= 11 is 0. The number of esters is 1. The molecule has 1 fully saturated rings. The summed E-state index contributed by atoms with van der Waals surface area (Å²) in [5, 5.41) is 21.4. The molecular weight excluding hydrogens is 474 g/mol. The van der Waals surface area contributed by atoms with Gasteiger partial charge in [0.25, 0.3) is 11.7 Å². The van der Waals surface area contributed by atoms with Crippen LogP contribution in [0.3, 0.4) is 0 Å². The van der Waals surface area contributed by atoms with E-state index in [1.807, 2.05) is 13.8 Å². The van der Waals surface area contributed by atoms with Crippen LogP contribution in [0.1, 0.15) is 48.3 Å². The van der Waals surface area contributed by atoms with Gasteiger partial charge in [0.2, 0.25) is 0 Å². The van der Waals surface area contributed by atoms with Gasteiger partial charge >= 0.3 is 5.97 Å². The molecule has 3 aromatic carbocycles. The van der Waals surface area contributed by atoms with Gasteiger partial charge in [0, 0.05) is 11.3 Å². The van der Waals surface area contributed by atoms with Gasteiger partial charge in [-0.3, -0.25) is 14.5 Å². The van der Waals surface area contributed by atoms with Crippen molar-refractivity contribution in [3.8, 4) is 11.5 Å². The molecule has 0 spiro atoms. The highest BCUT2D eigenvalue weighted by atomic mass is 16.5. The first-order chi connectivity index (χ1) is 17.7. The van der Waals surface area contributed by atoms with Gasteiger partial charge in [-0.05, 0) is 80.9 Å². The third-order valence-electron chi connectivity index (χ3n) is 5.77. The standard InChI is InChI=1S/C29H27NO7/c1-4-36-29(35)20-8-5-9-21(15-20)30-25(19-7-6-10-22(31)16-19)24(27(33)28(30)34)26(32)18-11-13-23(14-12-18)37-17(2)3/h5-17,25,31-32H,4H2,1-3H3/b26-24+. The third kappa shape index (κ3) is 5.18. The van der Waals surface area contributed by atoms with E-state index >= 15 is 0 Å². The van der Waals surface area contributed by atoms with Gasteiger partial charge in [0.05, 0.1) is 29.9 Å². The van der Waals surface area contributed by atoms with Crippen LogP contribution in [0.5, 0.6) is 11.5 Å². The van der Waals surface area contributed by atoms with E-state index in [0.717, 1.165) is 0 Å². The summed E-state index contributed by atoms with van der Waals surface area (Å²) in [4.78, 5) is 40.2. The minimum Gasteiger partial charge on any atom is -0.508 e. The summed E-state index contributed by atoms with van der Waals surface area (Å²) in [6.07, 6.45) is -0.0408. The Balaban J connectivity index is 1.86. The predicted octanol–water partition coefficient (Wildman–Crippen LogP) is 4.98. The topological polar surface area (TPSA) is 113 Å². The zero-order chi connectivity index (χ0) is 26.7. The number of aliphatic hydroxyl groups excluding tert-OH is 1. The smallest absolute Gasteiger partial charge is 0.338 e. The molecule has 1 heterocycles. The first-order valence-electron chi connectivity index (χ1n) is 11.9. The molecule has 0 aromatic heterocycles. The zero-order valence-electron chi connectivity index (χ0n) is 20.7. The van der Waals surface area contributed by atoms with E-state index in [2.05, 4.69) is 0 Å². The third-order valence-corrected chi connectivity index (χ3v) is 5.77. The average molecular weight is 502 g/mol. The first kappa shape index (κ1) is 25.5. The fraction of sp³-hybridized carbons (Fsp3) is 0.207. The monoisotopic (exact) mass is 501 g/mol. The number of rotatable bonds is 7. The van der Waals surface area contributed by atoms with E-state index in [1.165, 1.54) is 23.1 Å². The molecule has 4 rings (SSSR count). The number of aliphatic hydroxyl groups is 1. The second-order valence-corrected chi connectivity index (χ2v) is 8.73. The number of aromatic hydroxyl groups is 1. The van der Waals surface area contributed by atoms with Crippen molar-refractivity contribution in [3.05, 3.63) is 95.1 Å². The summed E-state index contributed by atoms with van der Waals surface area (Å²) in [5.74, 6) is -2.19. The Hall–Kier alpha value is -4.59. The second-order valence-electron chi connectivity index (χ2n) is 8.73. The molecule has 1 amide bonds. The molecule has 1 atom stereocenters. The van der Waals surface area contributed by atoms with Crippen molar-refractivity contribution < 1.29 is 34.1 Å². The molecule has 1 saturated heterocycles. The van der Waals surface area contributed by atoms with Crippen molar-refractivity contribution in [1.29, 1.82) is 0 Å². The molecule has 1 aliphatic heterocycles. The van der Waals surface area contributed by atoms with Crippen LogP contribution in [-0.4, -0.2) is 40.6 Å². The maximum Gasteiger partial charge on any atom is 0.338 e. The number of amides is 1. The highest BCUT2D eigenvalue weighted by Gasteiger charge is 2.47. The maximum atomic E-state index is 13.3. The summed E-state index contributed by atoms with van der Waals surface area (Å²) < 4.78 is 10.7. The lowest BCUT2D eigenvalue weighted by atomic mass is 9.95. The molecule has 3 aromatic rings. The largest absolute Gasteiger partial charge is 0.508 e. The van der Waals surface area contributed by atoms with Gasteiger partial charge in [0.15, 0.2) is 0 Å². The summed E-state index contributed by atoms with van der Waals surface area (Å²) in [7, 11) is 0. The van der Waals surface area contributed by atoms with E-state index in [1.54, 1.807) is 61.5 Å². The minimum absolute atomic E-state index is 0.0408. The van der Waals surface area contributed by atoms with E-state index in [9.17, 15) is 24.6 Å². The normalized spacial score (nSPS) is 16.8. The van der Waals surface area contributed by atoms with Gasteiger partial charge in [-0.2, -0.15) is 0 Å². The molecule has 1 aliphatic rings. The van der Waals surface area contributed by atoms with E-state index in [-0.39, 0.29) is 41.0 Å². The lowest BCUT2D eigenvalue weighted by Gasteiger charge is -2.26. The molecule has 8 nitrogen and oxygen atoms in total. The number of nitrogens with zero attached hydrogens (tertiary/aromatic N) is 1. The van der Waals surface area contributed by atoms with Crippen LogP contribution in [0.2, 0.25) is 0 Å². The quantitative estimate of drug-likeness (QED) is 0.203. The SMILES string of the molecule is CCOC(=O)c1cccc(N2C(=O)C(=O)/C(=C(/O)c3ccc(OC(C)C)cc3)C2c2cccc(O)c2)c1. The van der Waals surface area contributed by atoms with Gasteiger partial charge in [-0.25, -0.2) is 4.79 Å². The van der Waals surface area contributed by atoms with Crippen molar-refractivity contribution in [1.82, 2.24) is 0 Å². The minimum atomic E-state index is -1.06. The maximum absolute atomic E-state index is 13.3. The Kier molecular flexibility index (Phi) is 7.29. The molecule has 0 bridgehead atoms. The number of carbonyl (C=O) groups excluding carboxylic acids is 3. The molecule has 190 valence electrons. The average Bonchev–Trinajstić information content (AvgIpc) is 3.14. The van der Waals surface area contributed by atoms with Crippen LogP contribution in [0.15, 0.2) is 78.4 Å². The van der Waals surface area contributed by atoms with Crippen LogP contribution in [0.25, 0.3) is 5.76 Å². The molecule has 0 aliphatic carbocycles. The fourth-order valence-electron chi connectivity index (χ4n) is 4.23. The van der Waals surface area contributed by atoms with Crippen LogP contribution < -0.4 is 9.64 Å². The summed E-state index contributed by atoms with van der Waals surface area (Å²) in [6, 6.07) is 17.7. The number of phenolic OH excluding ortho intramolecular Hbond substituents is 1. The molecule has 0 saturated carbocycles. The fourth-order valence-corrected chi connectivity index (χ4v) is 4.23. The number of anilines is 1. The van der Waals surface area contributed by atoms with Crippen molar-refractivity contribution in [2.45, 2.75) is 32.9 Å². The Morgan fingerprint density at radius 1 is 0.973 bits per heavy atom. The first-order valence-corrected chi connectivity index (χ1v) is 11.9. The summed E-state index contributed by atoms with van der Waals surface area (Å²) in [6.45, 7) is 5.64. The highest BCUT2D eigenvalue weighted by Crippen LogP contribution is 2.43. The number of Topliss-reactive ketones (excluding diaryl/α,β-unsaturated/α-hetero) is 1. The Morgan fingerprint density at radius 2 is 1.68 bits per heavy atom. The van der Waals surface area contributed by atoms with E-state index in [4.69, 9.17) is 9.47 Å². The summed E-state index contributed by atoms with van der Waals surface area (Å²) in [5.41, 5.74) is 1.05. The number of hydrogen-bond donors (Lipinski definition) is 2. The molecular formula is C29H27NO7. The molecule has 8 heteroatoms. The van der Waals surface area contributed by atoms with Crippen LogP contribution in [0, 0.1) is 0 Å². The van der Waals surface area contributed by atoms with E-state index in [0.29, 0.717) is 16.9 Å². The number of hydrogen-bond acceptors (Lipinski definition) is 7. The Bertz CT molecular complexity index is 1380. The molecule has 1 unspecified atom stereocenters. The highest BCUT2D eigenvalue weighted by molar-refractivity contribution is 6.51. The zero-order valence-corrected chi connectivity index (χ0v) is 20.7. The van der Waals surface area contributed by atoms with Crippen LogP contribution in [0.4, 0.5) is 5.69 Å². The number of carbonyl (C=O) groups is 3. The van der Waals surface area contributed by atoms with E-state index < -0.39 is 23.7 Å². The van der Waals surface area contributed by atoms with Crippen molar-refractivity contribution in [2.75, 3.05) is 11.5 Å². The number of ether oxygens (including phenoxy) is 2. The second kappa shape index (κ2) is 10.6. The number of benzene rings is 3. The molecule has 0 radical (unpaired) electrons. The predicted molar refractivity (Wildman–Crippen MR) is 137 cm³/mol. The van der Waals surface area contributed by atoms with Gasteiger partial charge < -0.3 is 19.7 Å². The Morgan fingerprint density at radius 3 is 2.32 bits per heavy atom. The van der Waals surface area contributed by atoms with Crippen molar-refractivity contribution in [2.24, 2.45) is 0 Å². The molecule has 2 N–H and O–H groups in total.